The number of thiophene rings is 1. The summed E-state index contributed by atoms with van der Waals surface area (Å²) in [4.78, 5) is 15.7. The highest BCUT2D eigenvalue weighted by Gasteiger charge is 2.32. The van der Waals surface area contributed by atoms with Crippen LogP contribution in [0.3, 0.4) is 0 Å². The Morgan fingerprint density at radius 2 is 1.95 bits per heavy atom. The van der Waals surface area contributed by atoms with E-state index in [4.69, 9.17) is 11.6 Å². The van der Waals surface area contributed by atoms with Gasteiger partial charge in [0.1, 0.15) is 4.88 Å². The van der Waals surface area contributed by atoms with Crippen molar-refractivity contribution >= 4 is 38.9 Å². The zero-order chi connectivity index (χ0) is 15.1. The van der Waals surface area contributed by atoms with Gasteiger partial charge in [0.2, 0.25) is 0 Å². The third-order valence-corrected chi connectivity index (χ3v) is 6.05. The molecule has 0 spiro atoms. The van der Waals surface area contributed by atoms with E-state index in [9.17, 15) is 4.79 Å². The molecular formula is C17H20ClNOS. The molecule has 2 nitrogen and oxygen atoms in total. The molecule has 4 heteroatoms. The molecule has 1 aliphatic heterocycles. The highest BCUT2D eigenvalue weighted by Crippen LogP contribution is 2.38. The minimum absolute atomic E-state index is 0.0959. The normalized spacial score (nSPS) is 22.8. The summed E-state index contributed by atoms with van der Waals surface area (Å²) in [5.74, 6) is 0.0959. The average Bonchev–Trinajstić information content (AvgIpc) is 2.75. The van der Waals surface area contributed by atoms with Gasteiger partial charge in [-0.25, -0.2) is 0 Å². The first-order chi connectivity index (χ1) is 9.99. The van der Waals surface area contributed by atoms with Crippen molar-refractivity contribution in [2.75, 3.05) is 0 Å². The summed E-state index contributed by atoms with van der Waals surface area (Å²) in [7, 11) is 0. The largest absolute Gasteiger partial charge is 0.332 e. The molecule has 2 heterocycles. The molecule has 0 radical (unpaired) electrons. The Kier molecular flexibility index (Phi) is 3.98. The number of rotatable bonds is 1. The lowest BCUT2D eigenvalue weighted by Gasteiger charge is -2.38. The molecule has 1 fully saturated rings. The van der Waals surface area contributed by atoms with Crippen LogP contribution in [-0.2, 0) is 0 Å². The molecule has 0 bridgehead atoms. The summed E-state index contributed by atoms with van der Waals surface area (Å²) in [5, 5.41) is 1.61. The SMILES string of the molecule is Cc1ccc2c(Cl)c(C(=O)N3C(C)CCCC3C)sc2c1. The van der Waals surface area contributed by atoms with Gasteiger partial charge in [-0.15, -0.1) is 11.3 Å². The molecule has 3 rings (SSSR count). The number of piperidine rings is 1. The van der Waals surface area contributed by atoms with Crippen LogP contribution < -0.4 is 0 Å². The minimum atomic E-state index is 0.0959. The highest BCUT2D eigenvalue weighted by molar-refractivity contribution is 7.21. The van der Waals surface area contributed by atoms with Crippen LogP contribution in [0.4, 0.5) is 0 Å². The fourth-order valence-electron chi connectivity index (χ4n) is 3.25. The molecule has 21 heavy (non-hydrogen) atoms. The molecule has 1 amide bonds. The fourth-order valence-corrected chi connectivity index (χ4v) is 4.80. The zero-order valence-electron chi connectivity index (χ0n) is 12.6. The van der Waals surface area contributed by atoms with E-state index in [2.05, 4.69) is 26.8 Å². The number of aryl methyl sites for hydroxylation is 1. The maximum absolute atomic E-state index is 12.9. The molecule has 0 N–H and O–H groups in total. The monoisotopic (exact) mass is 321 g/mol. The zero-order valence-corrected chi connectivity index (χ0v) is 14.2. The highest BCUT2D eigenvalue weighted by atomic mass is 35.5. The van der Waals surface area contributed by atoms with Crippen LogP contribution in [0.15, 0.2) is 18.2 Å². The third-order valence-electron chi connectivity index (χ3n) is 4.41. The van der Waals surface area contributed by atoms with Crippen LogP contribution in [0.1, 0.15) is 48.3 Å². The Hall–Kier alpha value is -1.06. The predicted molar refractivity (Wildman–Crippen MR) is 90.5 cm³/mol. The molecule has 0 saturated carbocycles. The van der Waals surface area contributed by atoms with Gasteiger partial charge in [0.15, 0.2) is 0 Å². The molecule has 1 aliphatic rings. The van der Waals surface area contributed by atoms with Gasteiger partial charge in [-0.05, 0) is 51.7 Å². The number of hydrogen-bond acceptors (Lipinski definition) is 2. The van der Waals surface area contributed by atoms with Crippen LogP contribution in [0.2, 0.25) is 5.02 Å². The second-order valence-corrected chi connectivity index (χ2v) is 7.52. The van der Waals surface area contributed by atoms with Crippen molar-refractivity contribution in [1.82, 2.24) is 4.90 Å². The quantitative estimate of drug-likeness (QED) is 0.701. The lowest BCUT2D eigenvalue weighted by molar-refractivity contribution is 0.0516. The van der Waals surface area contributed by atoms with Crippen molar-refractivity contribution in [2.24, 2.45) is 0 Å². The molecule has 2 atom stereocenters. The average molecular weight is 322 g/mol. The number of amides is 1. The van der Waals surface area contributed by atoms with Crippen molar-refractivity contribution in [3.8, 4) is 0 Å². The van der Waals surface area contributed by atoms with E-state index in [1.165, 1.54) is 23.3 Å². The van der Waals surface area contributed by atoms with E-state index in [1.807, 2.05) is 17.0 Å². The maximum Gasteiger partial charge on any atom is 0.265 e. The lowest BCUT2D eigenvalue weighted by atomic mass is 9.97. The van der Waals surface area contributed by atoms with Gasteiger partial charge >= 0.3 is 0 Å². The van der Waals surface area contributed by atoms with E-state index in [0.717, 1.165) is 22.9 Å². The van der Waals surface area contributed by atoms with Crippen molar-refractivity contribution < 1.29 is 4.79 Å². The maximum atomic E-state index is 12.9. The Morgan fingerprint density at radius 1 is 1.29 bits per heavy atom. The van der Waals surface area contributed by atoms with E-state index >= 15 is 0 Å². The molecule has 2 aromatic rings. The van der Waals surface area contributed by atoms with Crippen molar-refractivity contribution in [3.05, 3.63) is 33.7 Å². The van der Waals surface area contributed by atoms with E-state index in [1.54, 1.807) is 0 Å². The summed E-state index contributed by atoms with van der Waals surface area (Å²) < 4.78 is 1.10. The van der Waals surface area contributed by atoms with Gasteiger partial charge in [0.05, 0.1) is 5.02 Å². The second-order valence-electron chi connectivity index (χ2n) is 6.09. The Balaban J connectivity index is 2.03. The van der Waals surface area contributed by atoms with Gasteiger partial charge in [-0.2, -0.15) is 0 Å². The summed E-state index contributed by atoms with van der Waals surface area (Å²) in [5.41, 5.74) is 1.19. The third kappa shape index (κ3) is 2.58. The Morgan fingerprint density at radius 3 is 2.62 bits per heavy atom. The minimum Gasteiger partial charge on any atom is -0.332 e. The number of carbonyl (C=O) groups excluding carboxylic acids is 1. The van der Waals surface area contributed by atoms with Gasteiger partial charge in [0.25, 0.3) is 5.91 Å². The van der Waals surface area contributed by atoms with Crippen molar-refractivity contribution in [2.45, 2.75) is 52.1 Å². The second kappa shape index (κ2) is 5.62. The number of likely N-dealkylation sites (tertiary alicyclic amines) is 1. The molecule has 1 saturated heterocycles. The summed E-state index contributed by atoms with van der Waals surface area (Å²) in [6, 6.07) is 6.75. The fraction of sp³-hybridized carbons (Fsp3) is 0.471. The van der Waals surface area contributed by atoms with Crippen molar-refractivity contribution in [3.63, 3.8) is 0 Å². The smallest absolute Gasteiger partial charge is 0.265 e. The number of fused-ring (bicyclic) bond motifs is 1. The van der Waals surface area contributed by atoms with Crippen molar-refractivity contribution in [1.29, 1.82) is 0 Å². The van der Waals surface area contributed by atoms with E-state index in [-0.39, 0.29) is 5.91 Å². The molecule has 0 aliphatic carbocycles. The molecule has 2 unspecified atom stereocenters. The van der Waals surface area contributed by atoms with Gasteiger partial charge in [-0.1, -0.05) is 23.7 Å². The van der Waals surface area contributed by atoms with E-state index in [0.29, 0.717) is 22.0 Å². The lowest BCUT2D eigenvalue weighted by Crippen LogP contribution is -2.47. The number of halogens is 1. The predicted octanol–water partition coefficient (Wildman–Crippen LogP) is 5.27. The summed E-state index contributed by atoms with van der Waals surface area (Å²) in [6.07, 6.45) is 3.36. The van der Waals surface area contributed by atoms with Gasteiger partial charge < -0.3 is 4.90 Å². The molecule has 112 valence electrons. The molecule has 1 aromatic heterocycles. The van der Waals surface area contributed by atoms with Crippen LogP contribution in [0.25, 0.3) is 10.1 Å². The first kappa shape index (κ1) is 14.9. The Bertz CT molecular complexity index is 683. The molecular weight excluding hydrogens is 302 g/mol. The van der Waals surface area contributed by atoms with Gasteiger partial charge in [-0.3, -0.25) is 4.79 Å². The topological polar surface area (TPSA) is 20.3 Å². The summed E-state index contributed by atoms with van der Waals surface area (Å²) in [6.45, 7) is 6.33. The first-order valence-electron chi connectivity index (χ1n) is 7.50. The first-order valence-corrected chi connectivity index (χ1v) is 8.70. The standard InChI is InChI=1S/C17H20ClNOS/c1-10-7-8-13-14(9-10)21-16(15(13)18)17(20)19-11(2)5-4-6-12(19)3/h7-9,11-12H,4-6H2,1-3H3. The van der Waals surface area contributed by atoms with E-state index < -0.39 is 0 Å². The molecule has 1 aromatic carbocycles. The van der Waals surface area contributed by atoms with Gasteiger partial charge in [0, 0.05) is 22.2 Å². The van der Waals surface area contributed by atoms with Crippen LogP contribution >= 0.6 is 22.9 Å². The number of nitrogens with zero attached hydrogens (tertiary/aromatic N) is 1. The Labute approximate surface area is 134 Å². The van der Waals surface area contributed by atoms with Crippen LogP contribution in [0.5, 0.6) is 0 Å². The number of hydrogen-bond donors (Lipinski definition) is 0. The van der Waals surface area contributed by atoms with Crippen LogP contribution in [0, 0.1) is 6.92 Å². The number of benzene rings is 1. The summed E-state index contributed by atoms with van der Waals surface area (Å²) >= 11 is 8.00. The van der Waals surface area contributed by atoms with Crippen LogP contribution in [-0.4, -0.2) is 22.9 Å². The number of carbonyl (C=O) groups is 1.